The van der Waals surface area contributed by atoms with Gasteiger partial charge in [-0.3, -0.25) is 0 Å². The summed E-state index contributed by atoms with van der Waals surface area (Å²) < 4.78 is 5.85. The first kappa shape index (κ1) is 14.0. The molecule has 4 nitrogen and oxygen atoms in total. The minimum atomic E-state index is -0.377. The van der Waals surface area contributed by atoms with Crippen molar-refractivity contribution in [2.45, 2.75) is 26.3 Å². The molecule has 1 atom stereocenters. The zero-order valence-electron chi connectivity index (χ0n) is 11.9. The molecule has 0 fully saturated rings. The number of aromatic nitrogens is 2. The summed E-state index contributed by atoms with van der Waals surface area (Å²) in [6.45, 7) is 3.93. The summed E-state index contributed by atoms with van der Waals surface area (Å²) in [4.78, 5) is 0. The molecular formula is C16H16ClN3O. The highest BCUT2D eigenvalue weighted by Crippen LogP contribution is 2.31. The van der Waals surface area contributed by atoms with Crippen molar-refractivity contribution in [3.8, 4) is 0 Å². The van der Waals surface area contributed by atoms with Crippen LogP contribution in [-0.4, -0.2) is 10.2 Å². The van der Waals surface area contributed by atoms with Crippen molar-refractivity contribution >= 4 is 22.6 Å². The van der Waals surface area contributed by atoms with E-state index in [9.17, 15) is 0 Å². The van der Waals surface area contributed by atoms with Gasteiger partial charge in [0.1, 0.15) is 5.76 Å². The fourth-order valence-electron chi connectivity index (χ4n) is 2.43. The summed E-state index contributed by atoms with van der Waals surface area (Å²) in [5, 5.41) is 9.84. The van der Waals surface area contributed by atoms with E-state index < -0.39 is 0 Å². The van der Waals surface area contributed by atoms with Gasteiger partial charge in [-0.2, -0.15) is 10.2 Å². The van der Waals surface area contributed by atoms with Crippen molar-refractivity contribution < 1.29 is 4.42 Å². The largest absolute Gasteiger partial charge is 0.457 e. The molecule has 1 aromatic carbocycles. The number of benzene rings is 1. The fraction of sp³-hybridized carbons (Fsp3) is 0.250. The van der Waals surface area contributed by atoms with Gasteiger partial charge in [0.05, 0.1) is 22.5 Å². The van der Waals surface area contributed by atoms with Gasteiger partial charge in [0.15, 0.2) is 5.58 Å². The average molecular weight is 302 g/mol. The Labute approximate surface area is 127 Å². The molecule has 3 aromatic rings. The summed E-state index contributed by atoms with van der Waals surface area (Å²) in [5.41, 5.74) is 9.71. The van der Waals surface area contributed by atoms with Crippen LogP contribution in [0.4, 0.5) is 0 Å². The highest BCUT2D eigenvalue weighted by molar-refractivity contribution is 6.34. The van der Waals surface area contributed by atoms with Gasteiger partial charge >= 0.3 is 0 Å². The van der Waals surface area contributed by atoms with E-state index >= 15 is 0 Å². The Bertz CT molecular complexity index is 797. The lowest BCUT2D eigenvalue weighted by atomic mass is 10.0. The number of furan rings is 1. The Kier molecular flexibility index (Phi) is 3.66. The minimum Gasteiger partial charge on any atom is -0.457 e. The van der Waals surface area contributed by atoms with E-state index in [1.54, 1.807) is 6.07 Å². The summed E-state index contributed by atoms with van der Waals surface area (Å²) in [6, 6.07) is 9.17. The van der Waals surface area contributed by atoms with E-state index in [2.05, 4.69) is 10.2 Å². The number of para-hydroxylation sites is 1. The maximum Gasteiger partial charge on any atom is 0.152 e. The van der Waals surface area contributed by atoms with Gasteiger partial charge in [0.2, 0.25) is 0 Å². The molecule has 2 heterocycles. The molecule has 3 rings (SSSR count). The van der Waals surface area contributed by atoms with Crippen LogP contribution < -0.4 is 5.73 Å². The van der Waals surface area contributed by atoms with Crippen molar-refractivity contribution in [1.29, 1.82) is 0 Å². The number of aryl methyl sites for hydroxylation is 2. The summed E-state index contributed by atoms with van der Waals surface area (Å²) in [6.07, 6.45) is 0.775. The van der Waals surface area contributed by atoms with Crippen LogP contribution in [0.25, 0.3) is 11.0 Å². The average Bonchev–Trinajstić information content (AvgIpc) is 2.92. The van der Waals surface area contributed by atoms with Crippen molar-refractivity contribution in [2.24, 2.45) is 5.73 Å². The predicted molar refractivity (Wildman–Crippen MR) is 83.4 cm³/mol. The maximum atomic E-state index is 6.37. The molecule has 108 valence electrons. The molecule has 21 heavy (non-hydrogen) atoms. The molecule has 2 N–H and O–H groups in total. The van der Waals surface area contributed by atoms with Crippen LogP contribution in [0.3, 0.4) is 0 Å². The summed E-state index contributed by atoms with van der Waals surface area (Å²) in [7, 11) is 0. The molecular weight excluding hydrogens is 286 g/mol. The van der Waals surface area contributed by atoms with Crippen LogP contribution in [0.15, 0.2) is 34.7 Å². The molecule has 0 aliphatic carbocycles. The van der Waals surface area contributed by atoms with Gasteiger partial charge in [-0.05, 0) is 31.5 Å². The number of nitrogens with zero attached hydrogens (tertiary/aromatic N) is 2. The second-order valence-corrected chi connectivity index (χ2v) is 5.43. The van der Waals surface area contributed by atoms with Crippen molar-refractivity contribution in [3.63, 3.8) is 0 Å². The fourth-order valence-corrected chi connectivity index (χ4v) is 2.65. The molecule has 0 saturated heterocycles. The zero-order chi connectivity index (χ0) is 15.0. The number of hydrogen-bond acceptors (Lipinski definition) is 4. The highest BCUT2D eigenvalue weighted by Gasteiger charge is 2.19. The molecule has 0 aliphatic heterocycles. The second-order valence-electron chi connectivity index (χ2n) is 5.03. The molecule has 0 spiro atoms. The monoisotopic (exact) mass is 301 g/mol. The lowest BCUT2D eigenvalue weighted by molar-refractivity contribution is 0.522. The van der Waals surface area contributed by atoms with Crippen LogP contribution in [0.2, 0.25) is 5.02 Å². The first-order chi connectivity index (χ1) is 10.1. The molecule has 5 heteroatoms. The topological polar surface area (TPSA) is 64.9 Å². The van der Waals surface area contributed by atoms with Crippen LogP contribution in [0, 0.1) is 6.92 Å². The SMILES string of the molecule is CCc1nnc(C)cc1C(N)c1cc2cccc(Cl)c2o1. The Morgan fingerprint density at radius 1 is 1.29 bits per heavy atom. The lowest BCUT2D eigenvalue weighted by Crippen LogP contribution is -2.15. The molecule has 2 aromatic heterocycles. The van der Waals surface area contributed by atoms with E-state index in [4.69, 9.17) is 21.8 Å². The number of nitrogens with two attached hydrogens (primary N) is 1. The molecule has 0 bridgehead atoms. The van der Waals surface area contributed by atoms with E-state index in [0.29, 0.717) is 16.4 Å². The van der Waals surface area contributed by atoms with Crippen molar-refractivity contribution in [2.75, 3.05) is 0 Å². The van der Waals surface area contributed by atoms with Crippen LogP contribution in [0.1, 0.15) is 35.7 Å². The Balaban J connectivity index is 2.10. The third-order valence-corrected chi connectivity index (χ3v) is 3.82. The maximum absolute atomic E-state index is 6.37. The van der Waals surface area contributed by atoms with E-state index in [1.165, 1.54) is 0 Å². The van der Waals surface area contributed by atoms with Gasteiger partial charge in [-0.1, -0.05) is 30.7 Å². The zero-order valence-corrected chi connectivity index (χ0v) is 12.7. The number of rotatable bonds is 3. The molecule has 0 amide bonds. The molecule has 0 radical (unpaired) electrons. The van der Waals surface area contributed by atoms with Gasteiger partial charge in [0.25, 0.3) is 0 Å². The van der Waals surface area contributed by atoms with E-state index in [0.717, 1.165) is 28.8 Å². The quantitative estimate of drug-likeness (QED) is 0.799. The smallest absolute Gasteiger partial charge is 0.152 e. The Hall–Kier alpha value is -1.91. The molecule has 0 aliphatic rings. The standard InChI is InChI=1S/C16H16ClN3O/c1-3-13-11(7-9(2)19-20-13)15(18)14-8-10-5-4-6-12(17)16(10)21-14/h4-8,15H,3,18H2,1-2H3. The van der Waals surface area contributed by atoms with E-state index in [1.807, 2.05) is 38.1 Å². The normalized spacial score (nSPS) is 12.8. The first-order valence-electron chi connectivity index (χ1n) is 6.86. The van der Waals surface area contributed by atoms with Gasteiger partial charge in [-0.15, -0.1) is 0 Å². The summed E-state index contributed by atoms with van der Waals surface area (Å²) in [5.74, 6) is 0.681. The third kappa shape index (κ3) is 2.52. The number of fused-ring (bicyclic) bond motifs is 1. The van der Waals surface area contributed by atoms with E-state index in [-0.39, 0.29) is 6.04 Å². The van der Waals surface area contributed by atoms with Gasteiger partial charge < -0.3 is 10.2 Å². The van der Waals surface area contributed by atoms with Crippen LogP contribution >= 0.6 is 11.6 Å². The van der Waals surface area contributed by atoms with Gasteiger partial charge in [0, 0.05) is 10.9 Å². The van der Waals surface area contributed by atoms with Gasteiger partial charge in [-0.25, -0.2) is 0 Å². The predicted octanol–water partition coefficient (Wildman–Crippen LogP) is 3.80. The Morgan fingerprint density at radius 3 is 2.81 bits per heavy atom. The lowest BCUT2D eigenvalue weighted by Gasteiger charge is -2.12. The number of halogens is 1. The first-order valence-corrected chi connectivity index (χ1v) is 7.24. The molecule has 1 unspecified atom stereocenters. The van der Waals surface area contributed by atoms with Crippen LogP contribution in [0.5, 0.6) is 0 Å². The minimum absolute atomic E-state index is 0.377. The third-order valence-electron chi connectivity index (χ3n) is 3.52. The number of hydrogen-bond donors (Lipinski definition) is 1. The molecule has 0 saturated carbocycles. The van der Waals surface area contributed by atoms with Crippen molar-refractivity contribution in [1.82, 2.24) is 10.2 Å². The highest BCUT2D eigenvalue weighted by atomic mass is 35.5. The second kappa shape index (κ2) is 5.47. The van der Waals surface area contributed by atoms with Crippen molar-refractivity contribution in [3.05, 3.63) is 58.1 Å². The van der Waals surface area contributed by atoms with Crippen LogP contribution in [-0.2, 0) is 6.42 Å². The Morgan fingerprint density at radius 2 is 2.10 bits per heavy atom. The summed E-state index contributed by atoms with van der Waals surface area (Å²) >= 11 is 6.15.